The highest BCUT2D eigenvalue weighted by Gasteiger charge is 2.12. The molecule has 1 aromatic carbocycles. The number of carbonyl (C=O) groups is 3. The van der Waals surface area contributed by atoms with Crippen LogP contribution in [-0.2, 0) is 19.1 Å². The fourth-order valence-electron chi connectivity index (χ4n) is 1.80. The van der Waals surface area contributed by atoms with Crippen LogP contribution in [0.1, 0.15) is 5.76 Å². The van der Waals surface area contributed by atoms with Crippen molar-refractivity contribution in [3.05, 3.63) is 40.1 Å². The summed E-state index contributed by atoms with van der Waals surface area (Å²) in [7, 11) is 0. The Kier molecular flexibility index (Phi) is 7.96. The zero-order valence-corrected chi connectivity index (χ0v) is 16.4. The summed E-state index contributed by atoms with van der Waals surface area (Å²) in [5, 5.41) is 9.35. The van der Waals surface area contributed by atoms with Crippen LogP contribution in [0.25, 0.3) is 0 Å². The van der Waals surface area contributed by atoms with Gasteiger partial charge in [0.25, 0.3) is 5.91 Å². The van der Waals surface area contributed by atoms with Crippen LogP contribution in [0.2, 0.25) is 10.0 Å². The molecule has 0 atom stereocenters. The molecule has 144 valence electrons. The van der Waals surface area contributed by atoms with Gasteiger partial charge in [0.05, 0.1) is 22.2 Å². The van der Waals surface area contributed by atoms with Crippen molar-refractivity contribution in [2.24, 2.45) is 0 Å². The van der Waals surface area contributed by atoms with Gasteiger partial charge in [-0.15, -0.1) is 11.8 Å². The van der Waals surface area contributed by atoms with E-state index in [-0.39, 0.29) is 17.4 Å². The first kappa shape index (κ1) is 21.1. The number of hydrogen-bond donors (Lipinski definition) is 2. The number of thioether (sulfide) groups is 1. The van der Waals surface area contributed by atoms with Gasteiger partial charge < -0.3 is 19.9 Å². The number of halogens is 2. The molecule has 0 spiro atoms. The molecule has 0 saturated heterocycles. The molecule has 0 saturated carbocycles. The molecule has 2 rings (SSSR count). The molecule has 1 aromatic heterocycles. The second-order valence-electron chi connectivity index (χ2n) is 5.20. The molecular formula is C16H15Cl2N3O5S. The predicted octanol–water partition coefficient (Wildman–Crippen LogP) is 3.14. The second kappa shape index (κ2) is 10.2. The minimum absolute atomic E-state index is 0.0192. The number of rotatable bonds is 8. The Hall–Kier alpha value is -2.23. The van der Waals surface area contributed by atoms with Crippen molar-refractivity contribution in [2.45, 2.75) is 6.92 Å². The highest BCUT2D eigenvalue weighted by atomic mass is 35.5. The number of hydrogen-bond acceptors (Lipinski definition) is 7. The molecule has 11 heteroatoms. The van der Waals surface area contributed by atoms with Crippen molar-refractivity contribution >= 4 is 64.3 Å². The Bertz CT molecular complexity index is 843. The summed E-state index contributed by atoms with van der Waals surface area (Å²) in [5.41, 5.74) is 0.319. The molecular weight excluding hydrogens is 417 g/mol. The molecule has 0 aliphatic heterocycles. The van der Waals surface area contributed by atoms with Crippen molar-refractivity contribution in [3.8, 4) is 0 Å². The number of esters is 1. The smallest absolute Gasteiger partial charge is 0.316 e. The molecule has 0 fully saturated rings. The Morgan fingerprint density at radius 2 is 1.93 bits per heavy atom. The first-order chi connectivity index (χ1) is 12.8. The zero-order valence-electron chi connectivity index (χ0n) is 14.1. The fourth-order valence-corrected chi connectivity index (χ4v) is 2.75. The van der Waals surface area contributed by atoms with E-state index in [0.29, 0.717) is 27.3 Å². The van der Waals surface area contributed by atoms with Crippen LogP contribution in [-0.4, -0.2) is 41.1 Å². The quantitative estimate of drug-likeness (QED) is 0.617. The topological polar surface area (TPSA) is 111 Å². The average Bonchev–Trinajstić information content (AvgIpc) is 3.01. The normalized spacial score (nSPS) is 10.3. The summed E-state index contributed by atoms with van der Waals surface area (Å²) in [6.07, 6.45) is 0. The summed E-state index contributed by atoms with van der Waals surface area (Å²) in [6, 6.07) is 6.17. The van der Waals surface area contributed by atoms with E-state index in [1.165, 1.54) is 12.1 Å². The first-order valence-electron chi connectivity index (χ1n) is 7.55. The number of nitrogens with one attached hydrogen (secondary N) is 2. The van der Waals surface area contributed by atoms with E-state index >= 15 is 0 Å². The SMILES string of the molecule is Cc1cc(NC(=O)CSCC(=O)OCC(=O)Nc2cc(Cl)ccc2Cl)no1. The monoisotopic (exact) mass is 431 g/mol. The van der Waals surface area contributed by atoms with Gasteiger partial charge in [0.2, 0.25) is 5.91 Å². The van der Waals surface area contributed by atoms with Gasteiger partial charge in [-0.25, -0.2) is 0 Å². The molecule has 1 heterocycles. The molecule has 27 heavy (non-hydrogen) atoms. The molecule has 0 bridgehead atoms. The summed E-state index contributed by atoms with van der Waals surface area (Å²) in [4.78, 5) is 35.1. The highest BCUT2D eigenvalue weighted by Crippen LogP contribution is 2.25. The third kappa shape index (κ3) is 7.49. The maximum Gasteiger partial charge on any atom is 0.316 e. The van der Waals surface area contributed by atoms with Gasteiger partial charge in [0.15, 0.2) is 12.4 Å². The molecule has 8 nitrogen and oxygen atoms in total. The minimum atomic E-state index is -0.627. The minimum Gasteiger partial charge on any atom is -0.455 e. The number of carbonyl (C=O) groups excluding carboxylic acids is 3. The number of benzene rings is 1. The lowest BCUT2D eigenvalue weighted by molar-refractivity contribution is -0.144. The van der Waals surface area contributed by atoms with Crippen molar-refractivity contribution < 1.29 is 23.6 Å². The molecule has 0 radical (unpaired) electrons. The Labute approximate surface area is 168 Å². The van der Waals surface area contributed by atoms with Crippen molar-refractivity contribution in [1.82, 2.24) is 5.16 Å². The van der Waals surface area contributed by atoms with Crippen LogP contribution >= 0.6 is 35.0 Å². The number of amides is 2. The Morgan fingerprint density at radius 1 is 1.15 bits per heavy atom. The van der Waals surface area contributed by atoms with Crippen LogP contribution < -0.4 is 10.6 Å². The van der Waals surface area contributed by atoms with Crippen molar-refractivity contribution in [1.29, 1.82) is 0 Å². The number of anilines is 2. The summed E-state index contributed by atoms with van der Waals surface area (Å²) in [6.45, 7) is 1.22. The van der Waals surface area contributed by atoms with Crippen LogP contribution in [0.15, 0.2) is 28.8 Å². The summed E-state index contributed by atoms with van der Waals surface area (Å²) < 4.78 is 9.66. The van der Waals surface area contributed by atoms with Gasteiger partial charge in [-0.2, -0.15) is 0 Å². The molecule has 2 N–H and O–H groups in total. The Balaban J connectivity index is 1.64. The standard InChI is InChI=1S/C16H15Cl2N3O5S/c1-9-4-13(21-26-9)20-15(23)7-27-8-16(24)25-6-14(22)19-12-5-10(17)2-3-11(12)18/h2-5H,6-8H2,1H3,(H,19,22)(H,20,21,23). The maximum atomic E-state index is 11.8. The van der Waals surface area contributed by atoms with Gasteiger partial charge >= 0.3 is 5.97 Å². The van der Waals surface area contributed by atoms with E-state index in [9.17, 15) is 14.4 Å². The second-order valence-corrected chi connectivity index (χ2v) is 7.03. The van der Waals surface area contributed by atoms with Gasteiger partial charge in [0, 0.05) is 11.1 Å². The lowest BCUT2D eigenvalue weighted by Crippen LogP contribution is -2.22. The van der Waals surface area contributed by atoms with Gasteiger partial charge in [0.1, 0.15) is 5.76 Å². The van der Waals surface area contributed by atoms with Crippen LogP contribution in [0.4, 0.5) is 11.5 Å². The van der Waals surface area contributed by atoms with E-state index in [4.69, 9.17) is 32.5 Å². The van der Waals surface area contributed by atoms with Crippen LogP contribution in [0, 0.1) is 6.92 Å². The zero-order chi connectivity index (χ0) is 19.8. The summed E-state index contributed by atoms with van der Waals surface area (Å²) >= 11 is 12.8. The van der Waals surface area contributed by atoms with E-state index in [0.717, 1.165) is 11.8 Å². The lowest BCUT2D eigenvalue weighted by atomic mass is 10.3. The van der Waals surface area contributed by atoms with E-state index in [1.54, 1.807) is 19.1 Å². The van der Waals surface area contributed by atoms with Crippen molar-refractivity contribution in [3.63, 3.8) is 0 Å². The van der Waals surface area contributed by atoms with Crippen LogP contribution in [0.3, 0.4) is 0 Å². The predicted molar refractivity (Wildman–Crippen MR) is 103 cm³/mol. The number of aryl methyl sites for hydroxylation is 1. The fraction of sp³-hybridized carbons (Fsp3) is 0.250. The highest BCUT2D eigenvalue weighted by molar-refractivity contribution is 8.00. The molecule has 2 aromatic rings. The molecule has 0 unspecified atom stereocenters. The van der Waals surface area contributed by atoms with Gasteiger partial charge in [-0.05, 0) is 25.1 Å². The third-order valence-corrected chi connectivity index (χ3v) is 4.39. The van der Waals surface area contributed by atoms with Gasteiger partial charge in [-0.1, -0.05) is 28.4 Å². The Morgan fingerprint density at radius 3 is 2.63 bits per heavy atom. The number of aromatic nitrogens is 1. The number of nitrogens with zero attached hydrogens (tertiary/aromatic N) is 1. The maximum absolute atomic E-state index is 11.8. The number of ether oxygens (including phenoxy) is 1. The average molecular weight is 432 g/mol. The largest absolute Gasteiger partial charge is 0.455 e. The molecule has 0 aliphatic rings. The van der Waals surface area contributed by atoms with E-state index in [1.807, 2.05) is 0 Å². The van der Waals surface area contributed by atoms with Crippen LogP contribution in [0.5, 0.6) is 0 Å². The third-order valence-electron chi connectivity index (χ3n) is 2.92. The van der Waals surface area contributed by atoms with Gasteiger partial charge in [-0.3, -0.25) is 14.4 Å². The van der Waals surface area contributed by atoms with Crippen molar-refractivity contribution in [2.75, 3.05) is 28.7 Å². The first-order valence-corrected chi connectivity index (χ1v) is 9.46. The van der Waals surface area contributed by atoms with E-state index < -0.39 is 18.5 Å². The summed E-state index contributed by atoms with van der Waals surface area (Å²) in [5.74, 6) is -0.721. The lowest BCUT2D eigenvalue weighted by Gasteiger charge is -2.08. The molecule has 2 amide bonds. The van der Waals surface area contributed by atoms with E-state index in [2.05, 4.69) is 15.8 Å². The molecule has 0 aliphatic carbocycles.